The molecule has 0 aromatic rings. The van der Waals surface area contributed by atoms with Gasteiger partial charge in [0.2, 0.25) is 11.8 Å². The average Bonchev–Trinajstić information content (AvgIpc) is 3.49. The van der Waals surface area contributed by atoms with Crippen LogP contribution in [0.5, 0.6) is 0 Å². The van der Waals surface area contributed by atoms with Gasteiger partial charge < -0.3 is 9.80 Å². The van der Waals surface area contributed by atoms with Crippen molar-refractivity contribution < 1.29 is 14.1 Å². The number of nitrogens with one attached hydrogen (secondary N) is 1. The molecule has 0 saturated carbocycles. The lowest BCUT2D eigenvalue weighted by molar-refractivity contribution is -0.918. The molecule has 5 heteroatoms. The van der Waals surface area contributed by atoms with Gasteiger partial charge >= 0.3 is 0 Å². The molecule has 1 heterocycles. The molecule has 0 aromatic heterocycles. The van der Waals surface area contributed by atoms with Gasteiger partial charge in [-0.05, 0) is 38.5 Å². The first kappa shape index (κ1) is 45.9. The molecule has 1 N–H and O–H groups in total. The summed E-state index contributed by atoms with van der Waals surface area (Å²) in [7, 11) is 2.36. The molecule has 1 rings (SSSR count). The summed E-state index contributed by atoms with van der Waals surface area (Å²) in [5.41, 5.74) is 0. The van der Waals surface area contributed by atoms with Gasteiger partial charge in [0.05, 0.1) is 20.1 Å². The van der Waals surface area contributed by atoms with Crippen molar-refractivity contribution >= 4 is 11.8 Å². The van der Waals surface area contributed by atoms with Crippen molar-refractivity contribution in [2.45, 2.75) is 232 Å². The predicted octanol–water partition coefficient (Wildman–Crippen LogP) is 12.7. The van der Waals surface area contributed by atoms with Gasteiger partial charge in [0.25, 0.3) is 0 Å². The Labute approximate surface area is 307 Å². The number of nitrogens with zero attached hydrogens (tertiary/aromatic N) is 2. The number of rotatable bonds is 38. The molecule has 1 unspecified atom stereocenters. The van der Waals surface area contributed by atoms with Gasteiger partial charge in [0.15, 0.2) is 6.67 Å². The second-order valence-corrected chi connectivity index (χ2v) is 16.3. The number of hydrogen-bond donors (Lipinski definition) is 1. The first-order chi connectivity index (χ1) is 24.0. The van der Waals surface area contributed by atoms with Gasteiger partial charge in [-0.1, -0.05) is 181 Å². The molecule has 5 nitrogen and oxygen atoms in total. The van der Waals surface area contributed by atoms with E-state index in [1.807, 2.05) is 0 Å². The standard InChI is InChI=1S/C44H87N3O2/c1-4-6-8-10-12-14-16-17-18-19-20-21-22-23-24-25-27-29-31-36-43(48)45-38-32-34-41-47(3,42-46-39-35-37-44(46)49)40-33-30-28-26-15-13-11-9-7-5-2/h4-42H2,1-3H3/p+1. The molecule has 1 fully saturated rings. The highest BCUT2D eigenvalue weighted by Crippen LogP contribution is 2.18. The number of carbonyl (C=O) groups is 2. The zero-order valence-corrected chi connectivity index (χ0v) is 33.8. The lowest BCUT2D eigenvalue weighted by atomic mass is 10.0. The van der Waals surface area contributed by atoms with E-state index in [1.54, 1.807) is 0 Å². The van der Waals surface area contributed by atoms with Crippen molar-refractivity contribution in [3.05, 3.63) is 0 Å². The lowest BCUT2D eigenvalue weighted by Crippen LogP contribution is -2.53. The normalized spacial score (nSPS) is 14.5. The van der Waals surface area contributed by atoms with Crippen molar-refractivity contribution in [2.75, 3.05) is 39.9 Å². The third-order valence-electron chi connectivity index (χ3n) is 11.2. The Kier molecular flexibility index (Phi) is 31.9. The molecule has 1 aliphatic rings. The predicted molar refractivity (Wildman–Crippen MR) is 214 cm³/mol. The molecule has 49 heavy (non-hydrogen) atoms. The Morgan fingerprint density at radius 1 is 0.551 bits per heavy atom. The lowest BCUT2D eigenvalue weighted by Gasteiger charge is -2.38. The van der Waals surface area contributed by atoms with E-state index < -0.39 is 0 Å². The Bertz CT molecular complexity index is 744. The zero-order valence-electron chi connectivity index (χ0n) is 33.8. The van der Waals surface area contributed by atoms with Gasteiger partial charge in [-0.3, -0.25) is 14.5 Å². The van der Waals surface area contributed by atoms with Crippen LogP contribution in [0.2, 0.25) is 0 Å². The van der Waals surface area contributed by atoms with Crippen LogP contribution in [0.4, 0.5) is 0 Å². The number of unbranched alkanes of at least 4 members (excludes halogenated alkanes) is 28. The first-order valence-corrected chi connectivity index (χ1v) is 22.4. The first-order valence-electron chi connectivity index (χ1n) is 22.4. The maximum Gasteiger partial charge on any atom is 0.226 e. The molecule has 0 spiro atoms. The van der Waals surface area contributed by atoms with Gasteiger partial charge in [-0.15, -0.1) is 0 Å². The van der Waals surface area contributed by atoms with Crippen LogP contribution in [0.3, 0.4) is 0 Å². The highest BCUT2D eigenvalue weighted by Gasteiger charge is 2.29. The van der Waals surface area contributed by atoms with Crippen LogP contribution >= 0.6 is 0 Å². The van der Waals surface area contributed by atoms with Gasteiger partial charge in [0, 0.05) is 25.9 Å². The highest BCUT2D eigenvalue weighted by atomic mass is 16.2. The summed E-state index contributed by atoms with van der Waals surface area (Å²) in [4.78, 5) is 26.9. The van der Waals surface area contributed by atoms with E-state index in [1.165, 1.54) is 180 Å². The van der Waals surface area contributed by atoms with Gasteiger partial charge in [-0.2, -0.15) is 0 Å². The van der Waals surface area contributed by atoms with E-state index in [-0.39, 0.29) is 5.91 Å². The second kappa shape index (κ2) is 34.0. The van der Waals surface area contributed by atoms with Crippen molar-refractivity contribution in [1.29, 1.82) is 0 Å². The third kappa shape index (κ3) is 29.2. The minimum absolute atomic E-state index is 0.234. The second-order valence-electron chi connectivity index (χ2n) is 16.3. The summed E-state index contributed by atoms with van der Waals surface area (Å²) < 4.78 is 0.968. The topological polar surface area (TPSA) is 49.4 Å². The minimum atomic E-state index is 0.234. The van der Waals surface area contributed by atoms with Crippen molar-refractivity contribution in [1.82, 2.24) is 10.2 Å². The number of carbonyl (C=O) groups excluding carboxylic acids is 2. The summed E-state index contributed by atoms with van der Waals surface area (Å²) in [5.74, 6) is 0.576. The number of hydrogen-bond acceptors (Lipinski definition) is 2. The molecular weight excluding hydrogens is 603 g/mol. The van der Waals surface area contributed by atoms with Crippen molar-refractivity contribution in [2.24, 2.45) is 0 Å². The molecule has 1 atom stereocenters. The maximum absolute atomic E-state index is 12.4. The monoisotopic (exact) mass is 691 g/mol. The van der Waals surface area contributed by atoms with E-state index in [2.05, 4.69) is 31.1 Å². The number of likely N-dealkylation sites (tertiary alicyclic amines) is 1. The Morgan fingerprint density at radius 3 is 1.31 bits per heavy atom. The summed E-state index contributed by atoms with van der Waals surface area (Å²) >= 11 is 0. The highest BCUT2D eigenvalue weighted by molar-refractivity contribution is 5.77. The fourth-order valence-electron chi connectivity index (χ4n) is 7.80. The van der Waals surface area contributed by atoms with Crippen LogP contribution in [0.15, 0.2) is 0 Å². The summed E-state index contributed by atoms with van der Waals surface area (Å²) in [6.45, 7) is 9.42. The van der Waals surface area contributed by atoms with E-state index in [9.17, 15) is 9.59 Å². The van der Waals surface area contributed by atoms with Crippen LogP contribution in [0.25, 0.3) is 0 Å². The smallest absolute Gasteiger partial charge is 0.226 e. The number of amides is 2. The summed E-state index contributed by atoms with van der Waals surface area (Å²) in [5, 5.41) is 3.19. The van der Waals surface area contributed by atoms with Crippen LogP contribution in [0, 0.1) is 0 Å². The Morgan fingerprint density at radius 2 is 0.918 bits per heavy atom. The molecule has 0 aromatic carbocycles. The van der Waals surface area contributed by atoms with Gasteiger partial charge in [-0.25, -0.2) is 0 Å². The fourth-order valence-corrected chi connectivity index (χ4v) is 7.80. The SMILES string of the molecule is CCCCCCCCCCCCCCCCCCCCCC(=O)NCCCC[N+](C)(CCCCCCCCCCCC)CN1CCCC1=O. The molecule has 0 bridgehead atoms. The van der Waals surface area contributed by atoms with Crippen LogP contribution in [-0.2, 0) is 9.59 Å². The largest absolute Gasteiger partial charge is 0.356 e. The fraction of sp³-hybridized carbons (Fsp3) is 0.955. The Balaban J connectivity index is 2.00. The van der Waals surface area contributed by atoms with Crippen molar-refractivity contribution in [3.63, 3.8) is 0 Å². The molecule has 1 saturated heterocycles. The molecule has 0 aliphatic carbocycles. The zero-order chi connectivity index (χ0) is 35.5. The molecular formula is C44H88N3O2+. The average molecular weight is 691 g/mol. The van der Waals surface area contributed by atoms with Crippen LogP contribution in [-0.4, -0.2) is 61.1 Å². The molecule has 2 amide bonds. The van der Waals surface area contributed by atoms with Crippen LogP contribution in [0.1, 0.15) is 232 Å². The van der Waals surface area contributed by atoms with E-state index in [0.29, 0.717) is 12.3 Å². The Hall–Kier alpha value is -1.10. The summed E-state index contributed by atoms with van der Waals surface area (Å²) in [6, 6.07) is 0. The number of quaternary nitrogens is 1. The maximum atomic E-state index is 12.4. The van der Waals surface area contributed by atoms with E-state index >= 15 is 0 Å². The molecule has 0 radical (unpaired) electrons. The van der Waals surface area contributed by atoms with E-state index in [0.717, 1.165) is 69.4 Å². The minimum Gasteiger partial charge on any atom is -0.356 e. The molecule has 1 aliphatic heterocycles. The van der Waals surface area contributed by atoms with E-state index in [4.69, 9.17) is 0 Å². The third-order valence-corrected chi connectivity index (χ3v) is 11.2. The van der Waals surface area contributed by atoms with Crippen LogP contribution < -0.4 is 5.32 Å². The summed E-state index contributed by atoms with van der Waals surface area (Å²) in [6.07, 6.45) is 44.4. The van der Waals surface area contributed by atoms with Crippen molar-refractivity contribution in [3.8, 4) is 0 Å². The van der Waals surface area contributed by atoms with Gasteiger partial charge in [0.1, 0.15) is 0 Å². The molecule has 290 valence electrons. The quantitative estimate of drug-likeness (QED) is 0.0518.